The molecule has 0 aliphatic carbocycles. The van der Waals surface area contributed by atoms with Gasteiger partial charge in [-0.05, 0) is 25.9 Å². The lowest BCUT2D eigenvalue weighted by atomic mass is 10.2. The predicted octanol–water partition coefficient (Wildman–Crippen LogP) is 1.18. The molecular weight excluding hydrogens is 284 g/mol. The van der Waals surface area contributed by atoms with Gasteiger partial charge in [0.25, 0.3) is 0 Å². The zero-order chi connectivity index (χ0) is 16.4. The van der Waals surface area contributed by atoms with Crippen LogP contribution in [0.1, 0.15) is 32.4 Å². The Kier molecular flexibility index (Phi) is 8.81. The molecule has 0 amide bonds. The summed E-state index contributed by atoms with van der Waals surface area (Å²) < 4.78 is 7.12. The zero-order valence-corrected chi connectivity index (χ0v) is 13.6. The fraction of sp³-hybridized carbons (Fsp3) is 0.688. The van der Waals surface area contributed by atoms with Gasteiger partial charge in [-0.15, -0.1) is 0 Å². The molecule has 6 heteroatoms. The summed E-state index contributed by atoms with van der Waals surface area (Å²) in [6.45, 7) is 8.14. The Labute approximate surface area is 131 Å². The molecule has 0 aliphatic heterocycles. The first-order chi connectivity index (χ1) is 10.6. The van der Waals surface area contributed by atoms with E-state index in [0.717, 1.165) is 31.6 Å². The summed E-state index contributed by atoms with van der Waals surface area (Å²) in [7, 11) is 0. The van der Waals surface area contributed by atoms with E-state index < -0.39 is 0 Å². The van der Waals surface area contributed by atoms with E-state index in [9.17, 15) is 9.90 Å². The average molecular weight is 312 g/mol. The molecule has 0 saturated carbocycles. The second kappa shape index (κ2) is 10.4. The van der Waals surface area contributed by atoms with E-state index in [-0.39, 0.29) is 17.8 Å². The number of hydrogen-bond acceptors (Lipinski definition) is 5. The fourth-order valence-corrected chi connectivity index (χ4v) is 2.41. The van der Waals surface area contributed by atoms with E-state index in [0.29, 0.717) is 26.3 Å². The van der Waals surface area contributed by atoms with Crippen LogP contribution in [0.25, 0.3) is 0 Å². The van der Waals surface area contributed by atoms with Crippen LogP contribution in [0, 0.1) is 0 Å². The SMILES string of the molecule is CCCN(CCC)Cc1cc(=O)c(O)cn1CCOCCO. The second-order valence-electron chi connectivity index (χ2n) is 5.32. The van der Waals surface area contributed by atoms with Crippen LogP contribution in [0.4, 0.5) is 0 Å². The summed E-state index contributed by atoms with van der Waals surface area (Å²) in [5.74, 6) is -0.247. The number of hydrogen-bond donors (Lipinski definition) is 2. The van der Waals surface area contributed by atoms with Crippen LogP contribution in [0.3, 0.4) is 0 Å². The minimum absolute atomic E-state index is 0.0109. The number of ether oxygens (including phenoxy) is 1. The van der Waals surface area contributed by atoms with Crippen LogP contribution < -0.4 is 5.43 Å². The smallest absolute Gasteiger partial charge is 0.223 e. The number of rotatable bonds is 11. The Morgan fingerprint density at radius 2 is 1.91 bits per heavy atom. The molecule has 0 aromatic carbocycles. The highest BCUT2D eigenvalue weighted by Gasteiger charge is 2.10. The molecule has 1 aromatic rings. The molecule has 0 unspecified atom stereocenters. The molecule has 0 bridgehead atoms. The van der Waals surface area contributed by atoms with Gasteiger partial charge in [-0.1, -0.05) is 13.8 Å². The van der Waals surface area contributed by atoms with Crippen molar-refractivity contribution in [1.82, 2.24) is 9.47 Å². The maximum Gasteiger partial charge on any atom is 0.223 e. The van der Waals surface area contributed by atoms with Gasteiger partial charge in [0.05, 0.1) is 26.0 Å². The minimum Gasteiger partial charge on any atom is -0.503 e. The van der Waals surface area contributed by atoms with Crippen LogP contribution in [0.15, 0.2) is 17.1 Å². The van der Waals surface area contributed by atoms with Crippen LogP contribution in [-0.4, -0.2) is 52.6 Å². The van der Waals surface area contributed by atoms with Gasteiger partial charge < -0.3 is 19.5 Å². The molecule has 22 heavy (non-hydrogen) atoms. The van der Waals surface area contributed by atoms with E-state index in [2.05, 4.69) is 18.7 Å². The van der Waals surface area contributed by atoms with Gasteiger partial charge in [-0.3, -0.25) is 9.69 Å². The standard InChI is InChI=1S/C16H28N2O4/c1-3-5-17(6-4-2)12-14-11-15(20)16(21)13-18(14)7-9-22-10-8-19/h11,13,19,21H,3-10,12H2,1-2H3. The lowest BCUT2D eigenvalue weighted by Gasteiger charge is -2.23. The monoisotopic (exact) mass is 312 g/mol. The maximum absolute atomic E-state index is 11.7. The van der Waals surface area contributed by atoms with E-state index in [4.69, 9.17) is 9.84 Å². The lowest BCUT2D eigenvalue weighted by molar-refractivity contribution is 0.0860. The highest BCUT2D eigenvalue weighted by molar-refractivity contribution is 5.20. The van der Waals surface area contributed by atoms with Crippen LogP contribution in [-0.2, 0) is 17.8 Å². The summed E-state index contributed by atoms with van der Waals surface area (Å²) >= 11 is 0. The van der Waals surface area contributed by atoms with E-state index in [1.807, 2.05) is 4.57 Å². The molecule has 0 spiro atoms. The van der Waals surface area contributed by atoms with Crippen molar-refractivity contribution in [1.29, 1.82) is 0 Å². The Bertz CT molecular complexity index is 482. The summed E-state index contributed by atoms with van der Waals surface area (Å²) in [5, 5.41) is 18.4. The topological polar surface area (TPSA) is 74.9 Å². The van der Waals surface area contributed by atoms with Gasteiger partial charge in [-0.25, -0.2) is 0 Å². The van der Waals surface area contributed by atoms with Gasteiger partial charge >= 0.3 is 0 Å². The van der Waals surface area contributed by atoms with Crippen molar-refractivity contribution in [3.05, 3.63) is 28.2 Å². The molecule has 6 nitrogen and oxygen atoms in total. The number of aromatic nitrogens is 1. The summed E-state index contributed by atoms with van der Waals surface area (Å²) in [4.78, 5) is 14.0. The van der Waals surface area contributed by atoms with Gasteiger partial charge in [0.1, 0.15) is 0 Å². The molecular formula is C16H28N2O4. The molecule has 126 valence electrons. The molecule has 2 N–H and O–H groups in total. The average Bonchev–Trinajstić information content (AvgIpc) is 2.48. The zero-order valence-electron chi connectivity index (χ0n) is 13.6. The van der Waals surface area contributed by atoms with Crippen LogP contribution in [0.2, 0.25) is 0 Å². The Hall–Kier alpha value is -1.37. The first kappa shape index (κ1) is 18.7. The van der Waals surface area contributed by atoms with Crippen molar-refractivity contribution in [3.63, 3.8) is 0 Å². The summed E-state index contributed by atoms with van der Waals surface area (Å²) in [6.07, 6.45) is 3.58. The highest BCUT2D eigenvalue weighted by atomic mass is 16.5. The highest BCUT2D eigenvalue weighted by Crippen LogP contribution is 2.09. The van der Waals surface area contributed by atoms with Crippen molar-refractivity contribution in [2.24, 2.45) is 0 Å². The summed E-state index contributed by atoms with van der Waals surface area (Å²) in [5.41, 5.74) is 0.521. The number of nitrogens with zero attached hydrogens (tertiary/aromatic N) is 2. The third-order valence-electron chi connectivity index (χ3n) is 3.37. The third-order valence-corrected chi connectivity index (χ3v) is 3.37. The first-order valence-electron chi connectivity index (χ1n) is 7.95. The molecule has 1 rings (SSSR count). The largest absolute Gasteiger partial charge is 0.503 e. The second-order valence-corrected chi connectivity index (χ2v) is 5.32. The minimum atomic E-state index is -0.351. The van der Waals surface area contributed by atoms with Crippen molar-refractivity contribution in [2.75, 3.05) is 32.9 Å². The van der Waals surface area contributed by atoms with E-state index in [1.165, 1.54) is 12.3 Å². The van der Waals surface area contributed by atoms with Gasteiger partial charge in [0, 0.05) is 24.8 Å². The Balaban J connectivity index is 2.84. The molecule has 0 aliphatic rings. The third kappa shape index (κ3) is 6.17. The number of pyridine rings is 1. The molecule has 0 fully saturated rings. The number of aliphatic hydroxyl groups is 1. The number of aliphatic hydroxyl groups excluding tert-OH is 1. The Morgan fingerprint density at radius 3 is 2.50 bits per heavy atom. The van der Waals surface area contributed by atoms with Crippen molar-refractivity contribution in [3.8, 4) is 5.75 Å². The quantitative estimate of drug-likeness (QED) is 0.600. The predicted molar refractivity (Wildman–Crippen MR) is 86.1 cm³/mol. The van der Waals surface area contributed by atoms with Gasteiger partial charge in [0.2, 0.25) is 5.43 Å². The maximum atomic E-state index is 11.7. The van der Waals surface area contributed by atoms with Crippen molar-refractivity contribution >= 4 is 0 Å². The lowest BCUT2D eigenvalue weighted by Crippen LogP contribution is -2.28. The van der Waals surface area contributed by atoms with Crippen molar-refractivity contribution in [2.45, 2.75) is 39.8 Å². The van der Waals surface area contributed by atoms with E-state index >= 15 is 0 Å². The molecule has 0 atom stereocenters. The Morgan fingerprint density at radius 1 is 1.23 bits per heavy atom. The molecule has 1 heterocycles. The van der Waals surface area contributed by atoms with E-state index in [1.54, 1.807) is 0 Å². The van der Waals surface area contributed by atoms with Crippen LogP contribution in [0.5, 0.6) is 5.75 Å². The number of aromatic hydroxyl groups is 1. The van der Waals surface area contributed by atoms with Crippen molar-refractivity contribution < 1.29 is 14.9 Å². The van der Waals surface area contributed by atoms with Gasteiger partial charge in [-0.2, -0.15) is 0 Å². The van der Waals surface area contributed by atoms with Crippen LogP contribution >= 0.6 is 0 Å². The fourth-order valence-electron chi connectivity index (χ4n) is 2.41. The summed E-state index contributed by atoms with van der Waals surface area (Å²) in [6, 6.07) is 1.50. The van der Waals surface area contributed by atoms with Gasteiger partial charge in [0.15, 0.2) is 5.75 Å². The first-order valence-corrected chi connectivity index (χ1v) is 7.95. The molecule has 0 saturated heterocycles. The molecule has 0 radical (unpaired) electrons. The molecule has 1 aromatic heterocycles. The normalized spacial score (nSPS) is 11.3.